The third-order valence-corrected chi connectivity index (χ3v) is 4.20. The van der Waals surface area contributed by atoms with Gasteiger partial charge in [-0.3, -0.25) is 4.79 Å². The lowest BCUT2D eigenvalue weighted by molar-refractivity contribution is 0.340. The third-order valence-electron chi connectivity index (χ3n) is 3.34. The first-order chi connectivity index (χ1) is 12.2. The van der Waals surface area contributed by atoms with Crippen LogP contribution in [-0.2, 0) is 12.2 Å². The third kappa shape index (κ3) is 4.48. The Hall–Kier alpha value is -2.61. The van der Waals surface area contributed by atoms with Crippen LogP contribution in [0.15, 0.2) is 44.8 Å². The molecule has 3 rings (SSSR count). The predicted molar refractivity (Wildman–Crippen MR) is 94.7 cm³/mol. The lowest BCUT2D eigenvalue weighted by Gasteiger charge is -2.03. The number of thioether (sulfide) groups is 1. The molecule has 1 N–H and O–H groups in total. The van der Waals surface area contributed by atoms with Crippen LogP contribution in [-0.4, -0.2) is 26.7 Å². The van der Waals surface area contributed by atoms with Crippen molar-refractivity contribution in [3.63, 3.8) is 0 Å². The maximum Gasteiger partial charge on any atom is 0.251 e. The van der Waals surface area contributed by atoms with E-state index in [-0.39, 0.29) is 5.56 Å². The summed E-state index contributed by atoms with van der Waals surface area (Å²) in [5.41, 5.74) is 1.42. The molecule has 0 unspecified atom stereocenters. The number of nitrogens with zero attached hydrogens (tertiary/aromatic N) is 3. The Morgan fingerprint density at radius 3 is 2.92 bits per heavy atom. The summed E-state index contributed by atoms with van der Waals surface area (Å²) in [6.45, 7) is 4.48. The Kier molecular flexibility index (Phi) is 5.49. The summed E-state index contributed by atoms with van der Waals surface area (Å²) in [5, 5.41) is 4.55. The normalized spacial score (nSPS) is 10.8. The highest BCUT2D eigenvalue weighted by Gasteiger charge is 2.11. The smallest absolute Gasteiger partial charge is 0.251 e. The topological polar surface area (TPSA) is 93.9 Å². The Morgan fingerprint density at radius 2 is 2.12 bits per heavy atom. The zero-order valence-corrected chi connectivity index (χ0v) is 14.8. The predicted octanol–water partition coefficient (Wildman–Crippen LogP) is 3.07. The Morgan fingerprint density at radius 1 is 1.24 bits per heavy atom. The van der Waals surface area contributed by atoms with Gasteiger partial charge in [0.15, 0.2) is 5.16 Å². The minimum Gasteiger partial charge on any atom is -0.494 e. The van der Waals surface area contributed by atoms with Crippen molar-refractivity contribution in [2.75, 3.05) is 6.61 Å². The molecule has 2 aromatic heterocycles. The molecule has 8 heteroatoms. The number of aromatic amines is 1. The van der Waals surface area contributed by atoms with Gasteiger partial charge in [-0.2, -0.15) is 4.98 Å². The molecule has 0 aliphatic carbocycles. The molecule has 0 aliphatic rings. The van der Waals surface area contributed by atoms with Gasteiger partial charge >= 0.3 is 0 Å². The number of aromatic nitrogens is 4. The van der Waals surface area contributed by atoms with Crippen LogP contribution in [0.25, 0.3) is 11.4 Å². The van der Waals surface area contributed by atoms with Crippen molar-refractivity contribution in [2.45, 2.75) is 31.2 Å². The standard InChI is InChI=1S/C17H18N4O3S/c1-3-12-9-14(22)19-17(18-12)25-10-15-20-16(21-24-15)11-6-5-7-13(8-11)23-4-2/h5-9H,3-4,10H2,1-2H3,(H,18,19,22). The quantitative estimate of drug-likeness (QED) is 0.512. The van der Waals surface area contributed by atoms with Crippen molar-refractivity contribution >= 4 is 11.8 Å². The fourth-order valence-corrected chi connectivity index (χ4v) is 2.92. The van der Waals surface area contributed by atoms with Gasteiger partial charge in [0.05, 0.1) is 12.4 Å². The number of aryl methyl sites for hydroxylation is 1. The molecule has 0 spiro atoms. The van der Waals surface area contributed by atoms with E-state index in [9.17, 15) is 4.79 Å². The van der Waals surface area contributed by atoms with Crippen molar-refractivity contribution in [1.29, 1.82) is 0 Å². The van der Waals surface area contributed by atoms with Crippen LogP contribution in [0.5, 0.6) is 5.75 Å². The van der Waals surface area contributed by atoms with E-state index in [1.165, 1.54) is 17.8 Å². The molecular weight excluding hydrogens is 340 g/mol. The lowest BCUT2D eigenvalue weighted by atomic mass is 10.2. The highest BCUT2D eigenvalue weighted by molar-refractivity contribution is 7.98. The molecule has 0 saturated carbocycles. The number of H-pyrrole nitrogens is 1. The van der Waals surface area contributed by atoms with E-state index in [1.54, 1.807) is 0 Å². The summed E-state index contributed by atoms with van der Waals surface area (Å²) in [7, 11) is 0. The van der Waals surface area contributed by atoms with E-state index in [2.05, 4.69) is 20.1 Å². The van der Waals surface area contributed by atoms with Gasteiger partial charge < -0.3 is 14.2 Å². The van der Waals surface area contributed by atoms with Crippen LogP contribution in [0, 0.1) is 0 Å². The van der Waals surface area contributed by atoms with Crippen molar-refractivity contribution in [3.8, 4) is 17.1 Å². The van der Waals surface area contributed by atoms with Crippen molar-refractivity contribution in [1.82, 2.24) is 20.1 Å². The number of hydrogen-bond acceptors (Lipinski definition) is 7. The van der Waals surface area contributed by atoms with Gasteiger partial charge in [-0.1, -0.05) is 36.0 Å². The van der Waals surface area contributed by atoms with Gasteiger partial charge in [0.2, 0.25) is 11.7 Å². The van der Waals surface area contributed by atoms with E-state index >= 15 is 0 Å². The molecule has 1 aromatic carbocycles. The molecule has 0 bridgehead atoms. The van der Waals surface area contributed by atoms with Crippen LogP contribution < -0.4 is 10.3 Å². The maximum absolute atomic E-state index is 11.6. The minimum absolute atomic E-state index is 0.159. The van der Waals surface area contributed by atoms with Crippen LogP contribution in [0.1, 0.15) is 25.4 Å². The van der Waals surface area contributed by atoms with E-state index < -0.39 is 0 Å². The monoisotopic (exact) mass is 358 g/mol. The molecule has 2 heterocycles. The summed E-state index contributed by atoms with van der Waals surface area (Å²) in [6.07, 6.45) is 0.707. The molecule has 130 valence electrons. The van der Waals surface area contributed by atoms with Crippen LogP contribution in [0.4, 0.5) is 0 Å². The Bertz CT molecular complexity index is 907. The molecule has 0 radical (unpaired) electrons. The number of rotatable bonds is 7. The Balaban J connectivity index is 1.71. The van der Waals surface area contributed by atoms with Gasteiger partial charge in [-0.15, -0.1) is 0 Å². The van der Waals surface area contributed by atoms with Gasteiger partial charge in [0.25, 0.3) is 5.56 Å². The number of benzene rings is 1. The Labute approximate surface area is 148 Å². The largest absolute Gasteiger partial charge is 0.494 e. The van der Waals surface area contributed by atoms with E-state index in [4.69, 9.17) is 9.26 Å². The highest BCUT2D eigenvalue weighted by atomic mass is 32.2. The molecule has 25 heavy (non-hydrogen) atoms. The second kappa shape index (κ2) is 7.98. The maximum atomic E-state index is 11.6. The second-order valence-electron chi connectivity index (χ2n) is 5.16. The molecule has 0 amide bonds. The van der Waals surface area contributed by atoms with Crippen molar-refractivity contribution in [2.24, 2.45) is 0 Å². The van der Waals surface area contributed by atoms with Gasteiger partial charge in [0, 0.05) is 17.3 Å². The van der Waals surface area contributed by atoms with Crippen molar-refractivity contribution in [3.05, 3.63) is 52.3 Å². The van der Waals surface area contributed by atoms with Crippen molar-refractivity contribution < 1.29 is 9.26 Å². The number of hydrogen-bond donors (Lipinski definition) is 1. The molecule has 0 atom stereocenters. The minimum atomic E-state index is -0.159. The number of nitrogens with one attached hydrogen (secondary N) is 1. The summed E-state index contributed by atoms with van der Waals surface area (Å²) in [6, 6.07) is 9.03. The molecule has 0 aliphatic heterocycles. The molecule has 0 saturated heterocycles. The molecular formula is C17H18N4O3S. The zero-order chi connectivity index (χ0) is 17.6. The fraction of sp³-hybridized carbons (Fsp3) is 0.294. The first-order valence-corrected chi connectivity index (χ1v) is 8.95. The van der Waals surface area contributed by atoms with E-state index in [0.717, 1.165) is 17.0 Å². The first-order valence-electron chi connectivity index (χ1n) is 7.96. The molecule has 7 nitrogen and oxygen atoms in total. The fourth-order valence-electron chi connectivity index (χ4n) is 2.19. The first kappa shape index (κ1) is 17.2. The van der Waals surface area contributed by atoms with Gasteiger partial charge in [-0.25, -0.2) is 4.98 Å². The summed E-state index contributed by atoms with van der Waals surface area (Å²) in [5.74, 6) is 2.15. The number of ether oxygens (including phenoxy) is 1. The molecule has 3 aromatic rings. The van der Waals surface area contributed by atoms with Crippen LogP contribution in [0.3, 0.4) is 0 Å². The van der Waals surface area contributed by atoms with Crippen LogP contribution in [0.2, 0.25) is 0 Å². The highest BCUT2D eigenvalue weighted by Crippen LogP contribution is 2.23. The summed E-state index contributed by atoms with van der Waals surface area (Å²) < 4.78 is 10.8. The van der Waals surface area contributed by atoms with Gasteiger partial charge in [-0.05, 0) is 25.5 Å². The lowest BCUT2D eigenvalue weighted by Crippen LogP contribution is -2.09. The average molecular weight is 358 g/mol. The summed E-state index contributed by atoms with van der Waals surface area (Å²) >= 11 is 1.35. The SMILES string of the molecule is CCOc1cccc(-c2noc(CSc3nc(CC)cc(=O)[nH]3)n2)c1. The summed E-state index contributed by atoms with van der Waals surface area (Å²) in [4.78, 5) is 23.0. The average Bonchev–Trinajstić information content (AvgIpc) is 3.09. The van der Waals surface area contributed by atoms with Crippen LogP contribution >= 0.6 is 11.8 Å². The zero-order valence-electron chi connectivity index (χ0n) is 14.0. The second-order valence-corrected chi connectivity index (χ2v) is 6.12. The van der Waals surface area contributed by atoms with E-state index in [1.807, 2.05) is 38.1 Å². The molecule has 0 fully saturated rings. The van der Waals surface area contributed by atoms with Gasteiger partial charge in [0.1, 0.15) is 5.75 Å². The van der Waals surface area contributed by atoms with E-state index in [0.29, 0.717) is 35.7 Å².